The van der Waals surface area contributed by atoms with Crippen LogP contribution in [0.5, 0.6) is 0 Å². The van der Waals surface area contributed by atoms with Gasteiger partial charge >= 0.3 is 0 Å². The molecule has 0 atom stereocenters. The van der Waals surface area contributed by atoms with Crippen molar-refractivity contribution in [3.05, 3.63) is 63.1 Å². The smallest absolute Gasteiger partial charge is 0.160 e. The molecule has 6 heteroatoms. The summed E-state index contributed by atoms with van der Waals surface area (Å²) in [5, 5.41) is 11.5. The van der Waals surface area contributed by atoms with Crippen molar-refractivity contribution in [1.82, 2.24) is 0 Å². The summed E-state index contributed by atoms with van der Waals surface area (Å²) in [5.74, 6) is -1.24. The Balaban J connectivity index is 2.15. The molecule has 20 heavy (non-hydrogen) atoms. The third kappa shape index (κ3) is 3.19. The van der Waals surface area contributed by atoms with Crippen LogP contribution in [0.25, 0.3) is 0 Å². The van der Waals surface area contributed by atoms with E-state index in [1.54, 1.807) is 12.1 Å². The van der Waals surface area contributed by atoms with Gasteiger partial charge in [-0.05, 0) is 29.8 Å². The molecule has 0 saturated heterocycles. The van der Waals surface area contributed by atoms with Gasteiger partial charge in [0.15, 0.2) is 5.82 Å². The first kappa shape index (κ1) is 14.6. The Morgan fingerprint density at radius 1 is 1.10 bits per heavy atom. The lowest BCUT2D eigenvalue weighted by atomic mass is 10.1. The Hall–Kier alpha value is -1.83. The molecule has 0 aliphatic carbocycles. The van der Waals surface area contributed by atoms with E-state index in [-0.39, 0.29) is 15.6 Å². The summed E-state index contributed by atoms with van der Waals surface area (Å²) in [6.45, 7) is 0.327. The molecule has 2 nitrogen and oxygen atoms in total. The molecule has 0 radical (unpaired) electrons. The molecule has 0 heterocycles. The number of hydrogen-bond acceptors (Lipinski definition) is 2. The first-order chi connectivity index (χ1) is 9.51. The predicted octanol–water partition coefficient (Wildman–Crippen LogP) is 4.76. The lowest BCUT2D eigenvalue weighted by Gasteiger charge is -2.09. The molecule has 102 valence electrons. The molecular formula is C14H8Cl2F2N2. The van der Waals surface area contributed by atoms with Gasteiger partial charge in [0.25, 0.3) is 0 Å². The fraction of sp³-hybridized carbons (Fsp3) is 0.0714. The minimum atomic E-state index is -0.674. The van der Waals surface area contributed by atoms with Crippen LogP contribution in [0.4, 0.5) is 14.5 Å². The number of rotatable bonds is 3. The number of nitrogens with one attached hydrogen (secondary N) is 1. The Kier molecular flexibility index (Phi) is 4.43. The van der Waals surface area contributed by atoms with E-state index in [2.05, 4.69) is 5.32 Å². The first-order valence-corrected chi connectivity index (χ1v) is 6.34. The van der Waals surface area contributed by atoms with Gasteiger partial charge in [-0.25, -0.2) is 8.78 Å². The van der Waals surface area contributed by atoms with Crippen LogP contribution in [0.3, 0.4) is 0 Å². The van der Waals surface area contributed by atoms with Crippen LogP contribution >= 0.6 is 23.2 Å². The van der Waals surface area contributed by atoms with Crippen LogP contribution in [-0.4, -0.2) is 0 Å². The molecule has 0 fully saturated rings. The molecule has 0 saturated carbocycles. The van der Waals surface area contributed by atoms with Crippen molar-refractivity contribution in [2.24, 2.45) is 0 Å². The molecule has 0 spiro atoms. The summed E-state index contributed by atoms with van der Waals surface area (Å²) in [7, 11) is 0. The first-order valence-electron chi connectivity index (χ1n) is 5.58. The van der Waals surface area contributed by atoms with Gasteiger partial charge < -0.3 is 5.32 Å². The van der Waals surface area contributed by atoms with Crippen molar-refractivity contribution in [3.8, 4) is 6.07 Å². The largest absolute Gasteiger partial charge is 0.381 e. The monoisotopic (exact) mass is 312 g/mol. The zero-order chi connectivity index (χ0) is 14.7. The van der Waals surface area contributed by atoms with Gasteiger partial charge in [0.2, 0.25) is 0 Å². The number of anilines is 1. The number of nitriles is 1. The maximum Gasteiger partial charge on any atom is 0.160 e. The van der Waals surface area contributed by atoms with E-state index >= 15 is 0 Å². The molecule has 0 aromatic heterocycles. The molecule has 0 amide bonds. The molecule has 0 aliphatic heterocycles. The summed E-state index contributed by atoms with van der Waals surface area (Å²) >= 11 is 11.4. The standard InChI is InChI=1S/C14H8Cl2F2N2/c15-11-4-10(5-12(16)14(11)18)20-7-8-1-2-13(17)9(3-8)6-19/h1-5,20H,7H2. The van der Waals surface area contributed by atoms with Crippen LogP contribution in [0.15, 0.2) is 30.3 Å². The van der Waals surface area contributed by atoms with Gasteiger partial charge in [0.1, 0.15) is 11.9 Å². The maximum absolute atomic E-state index is 13.2. The summed E-state index contributed by atoms with van der Waals surface area (Å²) in [5.41, 5.74) is 1.21. The van der Waals surface area contributed by atoms with Gasteiger partial charge in [-0.15, -0.1) is 0 Å². The van der Waals surface area contributed by atoms with E-state index in [9.17, 15) is 8.78 Å². The Morgan fingerprint density at radius 3 is 2.35 bits per heavy atom. The zero-order valence-electron chi connectivity index (χ0n) is 10.1. The van der Waals surface area contributed by atoms with Crippen molar-refractivity contribution in [2.45, 2.75) is 6.54 Å². The molecule has 2 aromatic rings. The summed E-state index contributed by atoms with van der Waals surface area (Å²) < 4.78 is 26.4. The van der Waals surface area contributed by atoms with Crippen molar-refractivity contribution in [2.75, 3.05) is 5.32 Å². The summed E-state index contributed by atoms with van der Waals surface area (Å²) in [6, 6.07) is 8.78. The third-order valence-electron chi connectivity index (χ3n) is 2.63. The molecule has 0 unspecified atom stereocenters. The molecule has 2 aromatic carbocycles. The Morgan fingerprint density at radius 2 is 1.75 bits per heavy atom. The normalized spacial score (nSPS) is 10.2. The van der Waals surface area contributed by atoms with E-state index in [1.165, 1.54) is 24.3 Å². The highest BCUT2D eigenvalue weighted by Crippen LogP contribution is 2.27. The number of hydrogen-bond donors (Lipinski definition) is 1. The zero-order valence-corrected chi connectivity index (χ0v) is 11.6. The van der Waals surface area contributed by atoms with Crippen molar-refractivity contribution >= 4 is 28.9 Å². The highest BCUT2D eigenvalue weighted by molar-refractivity contribution is 6.35. The molecule has 0 bridgehead atoms. The van der Waals surface area contributed by atoms with Crippen molar-refractivity contribution in [3.63, 3.8) is 0 Å². The van der Waals surface area contributed by atoms with E-state index in [0.29, 0.717) is 17.8 Å². The lowest BCUT2D eigenvalue weighted by Crippen LogP contribution is -2.01. The summed E-state index contributed by atoms with van der Waals surface area (Å²) in [4.78, 5) is 0. The minimum absolute atomic E-state index is 0.0283. The second-order valence-electron chi connectivity index (χ2n) is 4.03. The summed E-state index contributed by atoms with van der Waals surface area (Å²) in [6.07, 6.45) is 0. The van der Waals surface area contributed by atoms with E-state index in [4.69, 9.17) is 28.5 Å². The van der Waals surface area contributed by atoms with Gasteiger partial charge in [-0.2, -0.15) is 5.26 Å². The van der Waals surface area contributed by atoms with Gasteiger partial charge in [0, 0.05) is 12.2 Å². The number of nitrogens with zero attached hydrogens (tertiary/aromatic N) is 1. The Bertz CT molecular complexity index is 673. The highest BCUT2D eigenvalue weighted by Gasteiger charge is 2.08. The molecule has 1 N–H and O–H groups in total. The quantitative estimate of drug-likeness (QED) is 0.830. The van der Waals surface area contributed by atoms with Crippen molar-refractivity contribution in [1.29, 1.82) is 5.26 Å². The van der Waals surface area contributed by atoms with Crippen LogP contribution in [-0.2, 0) is 6.54 Å². The SMILES string of the molecule is N#Cc1cc(CNc2cc(Cl)c(F)c(Cl)c2)ccc1F. The van der Waals surface area contributed by atoms with E-state index < -0.39 is 11.6 Å². The van der Waals surface area contributed by atoms with Crippen LogP contribution < -0.4 is 5.32 Å². The fourth-order valence-electron chi connectivity index (χ4n) is 1.63. The van der Waals surface area contributed by atoms with Gasteiger partial charge in [0.05, 0.1) is 15.6 Å². The highest BCUT2D eigenvalue weighted by atomic mass is 35.5. The van der Waals surface area contributed by atoms with E-state index in [0.717, 1.165) is 0 Å². The second kappa shape index (κ2) is 6.08. The lowest BCUT2D eigenvalue weighted by molar-refractivity contribution is 0.623. The van der Waals surface area contributed by atoms with Crippen LogP contribution in [0.1, 0.15) is 11.1 Å². The second-order valence-corrected chi connectivity index (χ2v) is 4.85. The topological polar surface area (TPSA) is 35.8 Å². The van der Waals surface area contributed by atoms with Gasteiger partial charge in [-0.1, -0.05) is 29.3 Å². The number of halogens is 4. The average Bonchev–Trinajstić information content (AvgIpc) is 2.43. The average molecular weight is 313 g/mol. The Labute approximate surface area is 124 Å². The maximum atomic E-state index is 13.2. The van der Waals surface area contributed by atoms with Crippen molar-refractivity contribution < 1.29 is 8.78 Å². The van der Waals surface area contributed by atoms with E-state index in [1.807, 2.05) is 0 Å². The van der Waals surface area contributed by atoms with Gasteiger partial charge in [-0.3, -0.25) is 0 Å². The van der Waals surface area contributed by atoms with Crippen LogP contribution in [0.2, 0.25) is 10.0 Å². The third-order valence-corrected chi connectivity index (χ3v) is 3.18. The number of benzene rings is 2. The predicted molar refractivity (Wildman–Crippen MR) is 74.9 cm³/mol. The molecule has 2 rings (SSSR count). The molecule has 0 aliphatic rings. The fourth-order valence-corrected chi connectivity index (χ4v) is 2.12. The minimum Gasteiger partial charge on any atom is -0.381 e. The van der Waals surface area contributed by atoms with Crippen LogP contribution in [0, 0.1) is 23.0 Å². The molecular weight excluding hydrogens is 305 g/mol.